The molecule has 1 fully saturated rings. The molecular formula is C11H21NO. The van der Waals surface area contributed by atoms with E-state index in [2.05, 4.69) is 6.92 Å². The molecule has 0 aliphatic carbocycles. The van der Waals surface area contributed by atoms with Gasteiger partial charge in [-0.3, -0.25) is 4.79 Å². The van der Waals surface area contributed by atoms with Gasteiger partial charge in [0.2, 0.25) is 5.91 Å². The quantitative estimate of drug-likeness (QED) is 0.565. The predicted molar refractivity (Wildman–Crippen MR) is 54.5 cm³/mol. The Morgan fingerprint density at radius 3 is 2.38 bits per heavy atom. The average molecular weight is 183 g/mol. The second kappa shape index (κ2) is 3.69. The minimum Gasteiger partial charge on any atom is -0.340 e. The minimum atomic E-state index is -0.217. The third kappa shape index (κ3) is 2.45. The number of piperidine rings is 1. The molecule has 13 heavy (non-hydrogen) atoms. The first kappa shape index (κ1) is 10.6. The van der Waals surface area contributed by atoms with Crippen molar-refractivity contribution >= 4 is 5.91 Å². The standard InChI is InChI=1S/C11H21NO/c1-9-7-5-6-8-12(9)10(13)11(2,3)4/h9H,5-8H2,1-4H3/t9-/m0/s1. The zero-order chi connectivity index (χ0) is 10.1. The van der Waals surface area contributed by atoms with Crippen molar-refractivity contribution in [3.8, 4) is 0 Å². The number of likely N-dealkylation sites (tertiary alicyclic amines) is 1. The Labute approximate surface area is 81.3 Å². The van der Waals surface area contributed by atoms with E-state index >= 15 is 0 Å². The van der Waals surface area contributed by atoms with Gasteiger partial charge in [0.05, 0.1) is 0 Å². The molecule has 0 N–H and O–H groups in total. The van der Waals surface area contributed by atoms with E-state index in [1.54, 1.807) is 0 Å². The summed E-state index contributed by atoms with van der Waals surface area (Å²) in [6.45, 7) is 9.10. The van der Waals surface area contributed by atoms with E-state index in [4.69, 9.17) is 0 Å². The van der Waals surface area contributed by atoms with Crippen LogP contribution in [0.2, 0.25) is 0 Å². The van der Waals surface area contributed by atoms with Gasteiger partial charge >= 0.3 is 0 Å². The van der Waals surface area contributed by atoms with Crippen molar-refractivity contribution < 1.29 is 4.79 Å². The number of hydrogen-bond donors (Lipinski definition) is 0. The monoisotopic (exact) mass is 183 g/mol. The van der Waals surface area contributed by atoms with Gasteiger partial charge in [0.1, 0.15) is 0 Å². The van der Waals surface area contributed by atoms with Crippen molar-refractivity contribution in [1.29, 1.82) is 0 Å². The number of nitrogens with zero attached hydrogens (tertiary/aromatic N) is 1. The normalized spacial score (nSPS) is 24.6. The fraction of sp³-hybridized carbons (Fsp3) is 0.909. The Morgan fingerprint density at radius 2 is 1.92 bits per heavy atom. The largest absolute Gasteiger partial charge is 0.340 e. The van der Waals surface area contributed by atoms with Crippen LogP contribution < -0.4 is 0 Å². The van der Waals surface area contributed by atoms with E-state index in [1.807, 2.05) is 25.7 Å². The molecular weight excluding hydrogens is 162 g/mol. The van der Waals surface area contributed by atoms with Crippen molar-refractivity contribution in [1.82, 2.24) is 4.90 Å². The summed E-state index contributed by atoms with van der Waals surface area (Å²) in [5.74, 6) is 0.305. The number of carbonyl (C=O) groups is 1. The van der Waals surface area contributed by atoms with Gasteiger partial charge in [-0.15, -0.1) is 0 Å². The molecule has 0 aromatic carbocycles. The molecule has 2 heteroatoms. The van der Waals surface area contributed by atoms with Crippen LogP contribution >= 0.6 is 0 Å². The molecule has 1 aliphatic rings. The van der Waals surface area contributed by atoms with Gasteiger partial charge in [-0.05, 0) is 26.2 Å². The molecule has 1 heterocycles. The maximum atomic E-state index is 12.0. The molecule has 0 bridgehead atoms. The second-order valence-corrected chi connectivity index (χ2v) is 5.09. The van der Waals surface area contributed by atoms with Crippen LogP contribution in [0.4, 0.5) is 0 Å². The Morgan fingerprint density at radius 1 is 1.31 bits per heavy atom. The Kier molecular flexibility index (Phi) is 2.99. The van der Waals surface area contributed by atoms with Gasteiger partial charge in [0.15, 0.2) is 0 Å². The second-order valence-electron chi connectivity index (χ2n) is 5.09. The zero-order valence-electron chi connectivity index (χ0n) is 9.26. The summed E-state index contributed by atoms with van der Waals surface area (Å²) in [6, 6.07) is 0.445. The van der Waals surface area contributed by atoms with Crippen LogP contribution in [0.3, 0.4) is 0 Å². The van der Waals surface area contributed by atoms with Crippen molar-refractivity contribution in [3.05, 3.63) is 0 Å². The molecule has 2 nitrogen and oxygen atoms in total. The summed E-state index contributed by atoms with van der Waals surface area (Å²) < 4.78 is 0. The van der Waals surface area contributed by atoms with Crippen LogP contribution in [0, 0.1) is 5.41 Å². The van der Waals surface area contributed by atoms with E-state index in [-0.39, 0.29) is 5.41 Å². The maximum absolute atomic E-state index is 12.0. The van der Waals surface area contributed by atoms with Crippen LogP contribution in [-0.4, -0.2) is 23.4 Å². The van der Waals surface area contributed by atoms with Gasteiger partial charge in [-0.2, -0.15) is 0 Å². The van der Waals surface area contributed by atoms with Crippen LogP contribution in [0.25, 0.3) is 0 Å². The van der Waals surface area contributed by atoms with E-state index in [0.29, 0.717) is 11.9 Å². The summed E-state index contributed by atoms with van der Waals surface area (Å²) in [6.07, 6.45) is 3.61. The maximum Gasteiger partial charge on any atom is 0.228 e. The average Bonchev–Trinajstić information content (AvgIpc) is 2.02. The highest BCUT2D eigenvalue weighted by Gasteiger charge is 2.31. The first-order valence-electron chi connectivity index (χ1n) is 5.24. The van der Waals surface area contributed by atoms with Crippen LogP contribution in [-0.2, 0) is 4.79 Å². The van der Waals surface area contributed by atoms with Crippen LogP contribution in [0.15, 0.2) is 0 Å². The Balaban J connectivity index is 2.64. The highest BCUT2D eigenvalue weighted by molar-refractivity contribution is 5.81. The molecule has 0 aromatic rings. The highest BCUT2D eigenvalue weighted by Crippen LogP contribution is 2.24. The lowest BCUT2D eigenvalue weighted by Crippen LogP contribution is -2.47. The third-order valence-electron chi connectivity index (χ3n) is 2.71. The summed E-state index contributed by atoms with van der Waals surface area (Å²) in [5, 5.41) is 0. The molecule has 0 saturated carbocycles. The van der Waals surface area contributed by atoms with E-state index in [9.17, 15) is 4.79 Å². The summed E-state index contributed by atoms with van der Waals surface area (Å²) >= 11 is 0. The summed E-state index contributed by atoms with van der Waals surface area (Å²) in [4.78, 5) is 14.0. The summed E-state index contributed by atoms with van der Waals surface area (Å²) in [7, 11) is 0. The SMILES string of the molecule is C[C@H]1CCCCN1C(=O)C(C)(C)C. The van der Waals surface area contributed by atoms with Gasteiger partial charge < -0.3 is 4.90 Å². The summed E-state index contributed by atoms with van der Waals surface area (Å²) in [5.41, 5.74) is -0.217. The minimum absolute atomic E-state index is 0.217. The van der Waals surface area contributed by atoms with Crippen molar-refractivity contribution in [2.45, 2.75) is 53.0 Å². The van der Waals surface area contributed by atoms with E-state index < -0.39 is 0 Å². The lowest BCUT2D eigenvalue weighted by atomic mass is 9.92. The lowest BCUT2D eigenvalue weighted by molar-refractivity contribution is -0.142. The number of rotatable bonds is 0. The molecule has 1 rings (SSSR count). The van der Waals surface area contributed by atoms with E-state index in [0.717, 1.165) is 6.54 Å². The third-order valence-corrected chi connectivity index (χ3v) is 2.71. The lowest BCUT2D eigenvalue weighted by Gasteiger charge is -2.37. The molecule has 1 amide bonds. The van der Waals surface area contributed by atoms with Crippen LogP contribution in [0.1, 0.15) is 47.0 Å². The van der Waals surface area contributed by atoms with Crippen molar-refractivity contribution in [3.63, 3.8) is 0 Å². The first-order chi connectivity index (χ1) is 5.93. The molecule has 0 radical (unpaired) electrons. The predicted octanol–water partition coefficient (Wildman–Crippen LogP) is 2.43. The first-order valence-corrected chi connectivity index (χ1v) is 5.24. The molecule has 1 atom stereocenters. The Hall–Kier alpha value is -0.530. The van der Waals surface area contributed by atoms with Crippen molar-refractivity contribution in [2.24, 2.45) is 5.41 Å². The molecule has 1 aliphatic heterocycles. The van der Waals surface area contributed by atoms with Gasteiger partial charge in [0.25, 0.3) is 0 Å². The van der Waals surface area contributed by atoms with Crippen molar-refractivity contribution in [2.75, 3.05) is 6.54 Å². The molecule has 1 saturated heterocycles. The highest BCUT2D eigenvalue weighted by atomic mass is 16.2. The fourth-order valence-electron chi connectivity index (χ4n) is 1.83. The fourth-order valence-corrected chi connectivity index (χ4v) is 1.83. The molecule has 0 unspecified atom stereocenters. The van der Waals surface area contributed by atoms with Gasteiger partial charge in [0, 0.05) is 18.0 Å². The number of amides is 1. The zero-order valence-corrected chi connectivity index (χ0v) is 9.26. The number of hydrogen-bond acceptors (Lipinski definition) is 1. The van der Waals surface area contributed by atoms with Gasteiger partial charge in [-0.1, -0.05) is 20.8 Å². The molecule has 0 spiro atoms. The molecule has 0 aromatic heterocycles. The Bertz CT molecular complexity index is 193. The van der Waals surface area contributed by atoms with E-state index in [1.165, 1.54) is 19.3 Å². The van der Waals surface area contributed by atoms with Gasteiger partial charge in [-0.25, -0.2) is 0 Å². The smallest absolute Gasteiger partial charge is 0.228 e. The van der Waals surface area contributed by atoms with Crippen LogP contribution in [0.5, 0.6) is 0 Å². The number of carbonyl (C=O) groups excluding carboxylic acids is 1. The topological polar surface area (TPSA) is 20.3 Å². The molecule has 76 valence electrons.